The van der Waals surface area contributed by atoms with Crippen LogP contribution in [0.15, 0.2) is 18.2 Å². The van der Waals surface area contributed by atoms with Gasteiger partial charge >= 0.3 is 0 Å². The molecule has 0 saturated carbocycles. The van der Waals surface area contributed by atoms with Gasteiger partial charge in [0.2, 0.25) is 0 Å². The molecule has 0 bridgehead atoms. The normalized spacial score (nSPS) is 18.6. The zero-order valence-corrected chi connectivity index (χ0v) is 10.6. The first-order valence-electron chi connectivity index (χ1n) is 5.94. The summed E-state index contributed by atoms with van der Waals surface area (Å²) < 4.78 is 5.26. The van der Waals surface area contributed by atoms with Gasteiger partial charge < -0.3 is 14.5 Å². The lowest BCUT2D eigenvalue weighted by Crippen LogP contribution is -2.41. The molecule has 0 radical (unpaired) electrons. The van der Waals surface area contributed by atoms with Crippen LogP contribution in [0, 0.1) is 0 Å². The Morgan fingerprint density at radius 2 is 2.24 bits per heavy atom. The van der Waals surface area contributed by atoms with Crippen molar-refractivity contribution in [3.8, 4) is 5.75 Å². The summed E-state index contributed by atoms with van der Waals surface area (Å²) in [5, 5.41) is 0. The van der Waals surface area contributed by atoms with Crippen LogP contribution in [-0.4, -0.2) is 25.8 Å². The maximum Gasteiger partial charge on any atom is 0.119 e. The summed E-state index contributed by atoms with van der Waals surface area (Å²) >= 11 is 0. The third-order valence-electron chi connectivity index (χ3n) is 3.26. The lowest BCUT2D eigenvalue weighted by atomic mass is 10.1. The molecular weight excluding hydrogens is 216 g/mol. The minimum Gasteiger partial charge on any atom is -0.497 e. The van der Waals surface area contributed by atoms with Gasteiger partial charge in [-0.3, -0.25) is 0 Å². The summed E-state index contributed by atoms with van der Waals surface area (Å²) in [4.78, 5) is 7.18. The van der Waals surface area contributed by atoms with E-state index in [1.54, 1.807) is 7.11 Å². The van der Waals surface area contributed by atoms with Gasteiger partial charge in [0, 0.05) is 11.7 Å². The fraction of sp³-hybridized carbons (Fsp3) is 0.538. The van der Waals surface area contributed by atoms with E-state index in [0.29, 0.717) is 18.7 Å². The second-order valence-corrected chi connectivity index (χ2v) is 4.69. The van der Waals surface area contributed by atoms with Gasteiger partial charge in [-0.1, -0.05) is 0 Å². The zero-order chi connectivity index (χ0) is 12.4. The summed E-state index contributed by atoms with van der Waals surface area (Å²) in [6.45, 7) is 4.92. The first-order chi connectivity index (χ1) is 8.17. The number of rotatable bonds is 4. The smallest absolute Gasteiger partial charge is 0.119 e. The molecule has 1 heterocycles. The number of fused-ring (bicyclic) bond motifs is 1. The van der Waals surface area contributed by atoms with Gasteiger partial charge in [-0.2, -0.15) is 0 Å². The molecule has 0 saturated heterocycles. The molecule has 1 aromatic carbocycles. The Labute approximate surface area is 102 Å². The Bertz CT molecular complexity index is 393. The highest BCUT2D eigenvalue weighted by Crippen LogP contribution is 2.36. The van der Waals surface area contributed by atoms with Gasteiger partial charge in [-0.05, 0) is 44.0 Å². The number of nitrogens with two attached hydrogens (primary N) is 1. The van der Waals surface area contributed by atoms with Crippen LogP contribution in [-0.2, 0) is 11.3 Å². The molecular formula is C13H20N2O2. The number of anilines is 1. The molecule has 17 heavy (non-hydrogen) atoms. The number of hydrogen-bond acceptors (Lipinski definition) is 4. The Balaban J connectivity index is 2.32. The fourth-order valence-electron chi connectivity index (χ4n) is 2.60. The Morgan fingerprint density at radius 3 is 2.82 bits per heavy atom. The van der Waals surface area contributed by atoms with E-state index in [4.69, 9.17) is 15.5 Å². The first-order valence-corrected chi connectivity index (χ1v) is 5.94. The van der Waals surface area contributed by atoms with E-state index in [-0.39, 0.29) is 0 Å². The van der Waals surface area contributed by atoms with E-state index in [1.165, 1.54) is 11.3 Å². The number of ether oxygens (including phenoxy) is 1. The van der Waals surface area contributed by atoms with Crippen LogP contribution in [0.1, 0.15) is 19.4 Å². The van der Waals surface area contributed by atoms with Crippen molar-refractivity contribution in [2.45, 2.75) is 32.4 Å². The van der Waals surface area contributed by atoms with Crippen LogP contribution in [0.3, 0.4) is 0 Å². The van der Waals surface area contributed by atoms with Crippen molar-refractivity contribution in [2.24, 2.45) is 5.90 Å². The number of nitrogens with zero attached hydrogens (tertiary/aromatic N) is 1. The van der Waals surface area contributed by atoms with E-state index < -0.39 is 0 Å². The predicted molar refractivity (Wildman–Crippen MR) is 68.2 cm³/mol. The molecule has 0 aromatic heterocycles. The molecule has 1 aliphatic rings. The highest BCUT2D eigenvalue weighted by atomic mass is 16.6. The van der Waals surface area contributed by atoms with Crippen molar-refractivity contribution in [1.82, 2.24) is 0 Å². The quantitative estimate of drug-likeness (QED) is 0.809. The topological polar surface area (TPSA) is 47.7 Å². The fourth-order valence-corrected chi connectivity index (χ4v) is 2.60. The summed E-state index contributed by atoms with van der Waals surface area (Å²) in [5.41, 5.74) is 2.57. The molecule has 94 valence electrons. The van der Waals surface area contributed by atoms with E-state index in [9.17, 15) is 0 Å². The highest BCUT2D eigenvalue weighted by molar-refractivity contribution is 5.62. The van der Waals surface area contributed by atoms with Gasteiger partial charge in [0.15, 0.2) is 0 Å². The van der Waals surface area contributed by atoms with Crippen LogP contribution >= 0.6 is 0 Å². The SMILES string of the molecule is COc1ccc2c(c1)CC(CON)N2C(C)C. The largest absolute Gasteiger partial charge is 0.497 e. The van der Waals surface area contributed by atoms with Gasteiger partial charge in [-0.25, -0.2) is 5.90 Å². The molecule has 0 amide bonds. The molecule has 4 nitrogen and oxygen atoms in total. The molecule has 1 aromatic rings. The minimum atomic E-state index is 0.321. The molecule has 0 aliphatic carbocycles. The Hall–Kier alpha value is -1.26. The lowest BCUT2D eigenvalue weighted by molar-refractivity contribution is 0.122. The van der Waals surface area contributed by atoms with Crippen LogP contribution in [0.5, 0.6) is 5.75 Å². The van der Waals surface area contributed by atoms with Gasteiger partial charge in [0.05, 0.1) is 19.8 Å². The van der Waals surface area contributed by atoms with Crippen molar-refractivity contribution < 1.29 is 9.57 Å². The maximum absolute atomic E-state index is 5.26. The third kappa shape index (κ3) is 2.23. The van der Waals surface area contributed by atoms with E-state index in [0.717, 1.165) is 12.2 Å². The van der Waals surface area contributed by atoms with Crippen molar-refractivity contribution >= 4 is 5.69 Å². The van der Waals surface area contributed by atoms with Crippen LogP contribution in [0.4, 0.5) is 5.69 Å². The van der Waals surface area contributed by atoms with E-state index in [1.807, 2.05) is 6.07 Å². The van der Waals surface area contributed by atoms with Crippen molar-refractivity contribution in [3.63, 3.8) is 0 Å². The van der Waals surface area contributed by atoms with Crippen molar-refractivity contribution in [2.75, 3.05) is 18.6 Å². The first kappa shape index (κ1) is 12.2. The molecule has 2 N–H and O–H groups in total. The Kier molecular flexibility index (Phi) is 3.54. The standard InChI is InChI=1S/C13H20N2O2/c1-9(2)15-11(8-17-14)6-10-7-12(16-3)4-5-13(10)15/h4-5,7,9,11H,6,8,14H2,1-3H3. The third-order valence-corrected chi connectivity index (χ3v) is 3.26. The van der Waals surface area contributed by atoms with Crippen LogP contribution < -0.4 is 15.5 Å². The van der Waals surface area contributed by atoms with E-state index >= 15 is 0 Å². The van der Waals surface area contributed by atoms with Gasteiger partial charge in [0.1, 0.15) is 5.75 Å². The van der Waals surface area contributed by atoms with Crippen molar-refractivity contribution in [3.05, 3.63) is 23.8 Å². The molecule has 0 fully saturated rings. The highest BCUT2D eigenvalue weighted by Gasteiger charge is 2.31. The maximum atomic E-state index is 5.26. The Morgan fingerprint density at radius 1 is 1.47 bits per heavy atom. The number of hydrogen-bond donors (Lipinski definition) is 1. The van der Waals surface area contributed by atoms with Gasteiger partial charge in [0.25, 0.3) is 0 Å². The second-order valence-electron chi connectivity index (χ2n) is 4.69. The average Bonchev–Trinajstić information content (AvgIpc) is 2.66. The predicted octanol–water partition coefficient (Wildman–Crippen LogP) is 1.72. The molecule has 1 unspecified atom stereocenters. The average molecular weight is 236 g/mol. The number of methoxy groups -OCH3 is 1. The zero-order valence-electron chi connectivity index (χ0n) is 10.6. The summed E-state index contributed by atoms with van der Waals surface area (Å²) in [5.74, 6) is 6.11. The van der Waals surface area contributed by atoms with Crippen molar-refractivity contribution in [1.29, 1.82) is 0 Å². The summed E-state index contributed by atoms with van der Waals surface area (Å²) in [6.07, 6.45) is 0.960. The molecule has 2 rings (SSSR count). The summed E-state index contributed by atoms with van der Waals surface area (Å²) in [6, 6.07) is 6.97. The summed E-state index contributed by atoms with van der Waals surface area (Å²) in [7, 11) is 1.69. The van der Waals surface area contributed by atoms with E-state index in [2.05, 4.69) is 30.9 Å². The van der Waals surface area contributed by atoms with Crippen LogP contribution in [0.25, 0.3) is 0 Å². The molecule has 0 spiro atoms. The van der Waals surface area contributed by atoms with Crippen LogP contribution in [0.2, 0.25) is 0 Å². The monoisotopic (exact) mass is 236 g/mol. The molecule has 1 atom stereocenters. The molecule has 1 aliphatic heterocycles. The molecule has 4 heteroatoms. The lowest BCUT2D eigenvalue weighted by Gasteiger charge is -2.30. The minimum absolute atomic E-state index is 0.321. The van der Waals surface area contributed by atoms with Gasteiger partial charge in [-0.15, -0.1) is 0 Å². The second kappa shape index (κ2) is 4.94. The number of benzene rings is 1.